The highest BCUT2D eigenvalue weighted by Gasteiger charge is 2.38. The summed E-state index contributed by atoms with van der Waals surface area (Å²) in [5.41, 5.74) is -0.610. The maximum atomic E-state index is 12.1. The number of carboxylic acids is 1. The van der Waals surface area contributed by atoms with Crippen LogP contribution in [0.3, 0.4) is 0 Å². The number of rotatable bonds is 4. The van der Waals surface area contributed by atoms with Crippen LogP contribution >= 0.6 is 11.3 Å². The van der Waals surface area contributed by atoms with E-state index in [0.717, 1.165) is 4.88 Å². The van der Waals surface area contributed by atoms with Crippen LogP contribution in [0.25, 0.3) is 0 Å². The topological polar surface area (TPSA) is 66.4 Å². The summed E-state index contributed by atoms with van der Waals surface area (Å²) in [6.45, 7) is 9.13. The first-order chi connectivity index (χ1) is 8.62. The Bertz CT molecular complexity index is 473. The molecule has 0 radical (unpaired) electrons. The van der Waals surface area contributed by atoms with Gasteiger partial charge in [0.05, 0.1) is 6.04 Å². The first-order valence-corrected chi connectivity index (χ1v) is 7.04. The first-order valence-electron chi connectivity index (χ1n) is 6.22. The summed E-state index contributed by atoms with van der Waals surface area (Å²) in [7, 11) is 0. The molecule has 0 aromatic carbocycles. The minimum absolute atomic E-state index is 0.171. The fraction of sp³-hybridized carbons (Fsp3) is 0.571. The van der Waals surface area contributed by atoms with E-state index in [1.165, 1.54) is 4.88 Å². The van der Waals surface area contributed by atoms with Gasteiger partial charge >= 0.3 is 5.97 Å². The number of amides is 1. The Morgan fingerprint density at radius 3 is 2.26 bits per heavy atom. The molecule has 1 aromatic rings. The summed E-state index contributed by atoms with van der Waals surface area (Å²) in [6.07, 6.45) is 0. The molecule has 0 saturated carbocycles. The third-order valence-corrected chi connectivity index (χ3v) is 4.11. The van der Waals surface area contributed by atoms with Crippen LogP contribution < -0.4 is 5.32 Å². The Morgan fingerprint density at radius 2 is 1.89 bits per heavy atom. The van der Waals surface area contributed by atoms with Gasteiger partial charge in [0.15, 0.2) is 0 Å². The summed E-state index contributed by atoms with van der Waals surface area (Å²) >= 11 is 1.60. The van der Waals surface area contributed by atoms with Crippen LogP contribution in [-0.4, -0.2) is 17.0 Å². The van der Waals surface area contributed by atoms with Crippen LogP contribution in [0.15, 0.2) is 12.1 Å². The Morgan fingerprint density at radius 1 is 1.32 bits per heavy atom. The summed E-state index contributed by atoms with van der Waals surface area (Å²) in [5.74, 6) is -2.56. The molecule has 1 heterocycles. The first kappa shape index (κ1) is 15.7. The molecule has 0 fully saturated rings. The van der Waals surface area contributed by atoms with E-state index in [4.69, 9.17) is 0 Å². The highest BCUT2D eigenvalue weighted by molar-refractivity contribution is 7.12. The molecule has 0 aliphatic carbocycles. The molecule has 0 bridgehead atoms. The van der Waals surface area contributed by atoms with Crippen molar-refractivity contribution in [1.82, 2.24) is 5.32 Å². The van der Waals surface area contributed by atoms with E-state index >= 15 is 0 Å². The second kappa shape index (κ2) is 5.74. The lowest BCUT2D eigenvalue weighted by molar-refractivity contribution is -0.151. The number of carboxylic acid groups (broad SMARTS) is 1. The molecule has 19 heavy (non-hydrogen) atoms. The van der Waals surface area contributed by atoms with E-state index in [1.807, 2.05) is 26.0 Å². The smallest absolute Gasteiger partial charge is 0.316 e. The average molecular weight is 283 g/mol. The molecule has 0 spiro atoms. The Kier molecular flexibility index (Phi) is 4.74. The van der Waals surface area contributed by atoms with E-state index in [-0.39, 0.29) is 6.04 Å². The lowest BCUT2D eigenvalue weighted by Gasteiger charge is -2.27. The van der Waals surface area contributed by atoms with Crippen molar-refractivity contribution in [3.63, 3.8) is 0 Å². The van der Waals surface area contributed by atoms with Gasteiger partial charge in [-0.2, -0.15) is 0 Å². The number of carbonyl (C=O) groups is 2. The molecule has 5 heteroatoms. The molecule has 1 amide bonds. The molecule has 2 N–H and O–H groups in total. The van der Waals surface area contributed by atoms with E-state index in [9.17, 15) is 14.7 Å². The third kappa shape index (κ3) is 4.06. The molecule has 1 aromatic heterocycles. The summed E-state index contributed by atoms with van der Waals surface area (Å²) in [4.78, 5) is 25.6. The van der Waals surface area contributed by atoms with Crippen molar-refractivity contribution in [1.29, 1.82) is 0 Å². The number of nitrogens with one attached hydrogen (secondary N) is 1. The van der Waals surface area contributed by atoms with Gasteiger partial charge in [0.2, 0.25) is 5.91 Å². The third-order valence-electron chi connectivity index (χ3n) is 2.92. The van der Waals surface area contributed by atoms with Crippen molar-refractivity contribution in [3.8, 4) is 0 Å². The number of thiophene rings is 1. The van der Waals surface area contributed by atoms with Crippen molar-refractivity contribution in [2.24, 2.45) is 11.3 Å². The van der Waals surface area contributed by atoms with Crippen molar-refractivity contribution in [3.05, 3.63) is 21.9 Å². The van der Waals surface area contributed by atoms with Gasteiger partial charge in [-0.05, 0) is 31.4 Å². The second-order valence-corrected chi connectivity index (χ2v) is 7.14. The molecule has 106 valence electrons. The quantitative estimate of drug-likeness (QED) is 0.835. The normalized spacial score (nSPS) is 14.8. The summed E-state index contributed by atoms with van der Waals surface area (Å²) in [6, 6.07) is 3.77. The molecule has 0 aliphatic rings. The Balaban J connectivity index is 2.80. The molecule has 0 saturated heterocycles. The number of hydrogen-bond donors (Lipinski definition) is 2. The number of aliphatic carboxylic acids is 1. The number of hydrogen-bond acceptors (Lipinski definition) is 3. The second-order valence-electron chi connectivity index (χ2n) is 5.82. The zero-order chi connectivity index (χ0) is 14.8. The van der Waals surface area contributed by atoms with Crippen LogP contribution in [0.4, 0.5) is 0 Å². The number of carbonyl (C=O) groups excluding carboxylic acids is 1. The fourth-order valence-electron chi connectivity index (χ4n) is 1.93. The molecule has 0 aliphatic heterocycles. The predicted octanol–water partition coefficient (Wildman–Crippen LogP) is 2.98. The van der Waals surface area contributed by atoms with Crippen molar-refractivity contribution in [2.75, 3.05) is 0 Å². The van der Waals surface area contributed by atoms with E-state index < -0.39 is 23.2 Å². The molecular weight excluding hydrogens is 262 g/mol. The summed E-state index contributed by atoms with van der Waals surface area (Å²) in [5, 5.41) is 12.0. The monoisotopic (exact) mass is 283 g/mol. The van der Waals surface area contributed by atoms with Crippen LogP contribution in [0.1, 0.15) is 43.5 Å². The van der Waals surface area contributed by atoms with Crippen LogP contribution in [0.2, 0.25) is 0 Å². The molecule has 4 nitrogen and oxygen atoms in total. The van der Waals surface area contributed by atoms with Gasteiger partial charge in [-0.15, -0.1) is 11.3 Å². The summed E-state index contributed by atoms with van der Waals surface area (Å²) < 4.78 is 0. The molecular formula is C14H21NO3S. The number of aryl methyl sites for hydroxylation is 1. The SMILES string of the molecule is Cc1ccc(C(C)NC(=O)C(C(=O)O)C(C)(C)C)s1. The standard InChI is InChI=1S/C14H21NO3S/c1-8-6-7-10(19-8)9(2)15-12(16)11(13(17)18)14(3,4)5/h6-7,9,11H,1-5H3,(H,15,16)(H,17,18). The largest absolute Gasteiger partial charge is 0.481 e. The van der Waals surface area contributed by atoms with Crippen LogP contribution in [0.5, 0.6) is 0 Å². The Labute approximate surface area is 117 Å². The van der Waals surface area contributed by atoms with E-state index in [0.29, 0.717) is 0 Å². The van der Waals surface area contributed by atoms with Gasteiger partial charge in [-0.3, -0.25) is 9.59 Å². The average Bonchev–Trinajstić information content (AvgIpc) is 2.61. The maximum absolute atomic E-state index is 12.1. The molecule has 2 atom stereocenters. The maximum Gasteiger partial charge on any atom is 0.316 e. The van der Waals surface area contributed by atoms with Gasteiger partial charge in [0.1, 0.15) is 5.92 Å². The Hall–Kier alpha value is -1.36. The van der Waals surface area contributed by atoms with Gasteiger partial charge in [-0.1, -0.05) is 20.8 Å². The highest BCUT2D eigenvalue weighted by atomic mass is 32.1. The van der Waals surface area contributed by atoms with Crippen LogP contribution in [-0.2, 0) is 9.59 Å². The molecule has 2 unspecified atom stereocenters. The van der Waals surface area contributed by atoms with E-state index in [1.54, 1.807) is 32.1 Å². The van der Waals surface area contributed by atoms with Gasteiger partial charge in [0, 0.05) is 9.75 Å². The van der Waals surface area contributed by atoms with Crippen molar-refractivity contribution >= 4 is 23.2 Å². The van der Waals surface area contributed by atoms with Gasteiger partial charge < -0.3 is 10.4 Å². The zero-order valence-electron chi connectivity index (χ0n) is 12.0. The van der Waals surface area contributed by atoms with E-state index in [2.05, 4.69) is 5.32 Å². The lowest BCUT2D eigenvalue weighted by atomic mass is 9.80. The van der Waals surface area contributed by atoms with Crippen molar-refractivity contribution in [2.45, 2.75) is 40.7 Å². The minimum Gasteiger partial charge on any atom is -0.481 e. The molecule has 1 rings (SSSR count). The van der Waals surface area contributed by atoms with Gasteiger partial charge in [-0.25, -0.2) is 0 Å². The minimum atomic E-state index is -1.08. The zero-order valence-corrected chi connectivity index (χ0v) is 12.8. The lowest BCUT2D eigenvalue weighted by Crippen LogP contribution is -2.43. The van der Waals surface area contributed by atoms with Crippen LogP contribution in [0, 0.1) is 18.3 Å². The van der Waals surface area contributed by atoms with Crippen molar-refractivity contribution < 1.29 is 14.7 Å². The van der Waals surface area contributed by atoms with Gasteiger partial charge in [0.25, 0.3) is 0 Å². The highest BCUT2D eigenvalue weighted by Crippen LogP contribution is 2.28. The predicted molar refractivity (Wildman–Crippen MR) is 76.2 cm³/mol. The fourth-order valence-corrected chi connectivity index (χ4v) is 2.81.